The number of aryl methyl sites for hydroxylation is 2. The largest absolute Gasteiger partial charge is 0.383 e. The molecule has 25 heavy (non-hydrogen) atoms. The molecule has 1 amide bonds. The fourth-order valence-electron chi connectivity index (χ4n) is 2.30. The van der Waals surface area contributed by atoms with E-state index in [1.54, 1.807) is 26.1 Å². The van der Waals surface area contributed by atoms with Gasteiger partial charge in [-0.15, -0.1) is 0 Å². The molecule has 0 unspecified atom stereocenters. The molecule has 0 spiro atoms. The van der Waals surface area contributed by atoms with E-state index in [4.69, 9.17) is 10.3 Å². The first kappa shape index (κ1) is 16.4. The molecule has 0 aliphatic rings. The summed E-state index contributed by atoms with van der Waals surface area (Å²) >= 11 is 0. The Kier molecular flexibility index (Phi) is 4.29. The van der Waals surface area contributed by atoms with E-state index in [0.717, 1.165) is 11.3 Å². The Hall–Kier alpha value is -3.49. The predicted molar refractivity (Wildman–Crippen MR) is 92.3 cm³/mol. The predicted octanol–water partition coefficient (Wildman–Crippen LogP) is 1.83. The van der Waals surface area contributed by atoms with Crippen molar-refractivity contribution in [3.63, 3.8) is 0 Å². The van der Waals surface area contributed by atoms with Crippen molar-refractivity contribution in [3.05, 3.63) is 41.4 Å². The Bertz CT molecular complexity index is 936. The second-order valence-electron chi connectivity index (χ2n) is 5.36. The SMILES string of the molecule is CNC(=O)c1ccc(Nc2ncc(-c3noc(C)n3)c(N)n2)cc1C. The molecule has 0 saturated carbocycles. The molecule has 0 saturated heterocycles. The van der Waals surface area contributed by atoms with Gasteiger partial charge in [-0.25, -0.2) is 4.98 Å². The average molecular weight is 339 g/mol. The summed E-state index contributed by atoms with van der Waals surface area (Å²) in [5, 5.41) is 9.46. The number of benzene rings is 1. The number of hydrogen-bond donors (Lipinski definition) is 3. The topological polar surface area (TPSA) is 132 Å². The summed E-state index contributed by atoms with van der Waals surface area (Å²) in [5.74, 6) is 1.20. The van der Waals surface area contributed by atoms with Crippen LogP contribution in [0.1, 0.15) is 21.8 Å². The lowest BCUT2D eigenvalue weighted by Gasteiger charge is -2.10. The Morgan fingerprint density at radius 1 is 1.24 bits per heavy atom. The van der Waals surface area contributed by atoms with Crippen LogP contribution >= 0.6 is 0 Å². The third-order valence-corrected chi connectivity index (χ3v) is 3.54. The van der Waals surface area contributed by atoms with Gasteiger partial charge in [-0.1, -0.05) is 5.16 Å². The molecule has 0 radical (unpaired) electrons. The van der Waals surface area contributed by atoms with E-state index in [2.05, 4.69) is 30.7 Å². The van der Waals surface area contributed by atoms with Crippen LogP contribution in [0.4, 0.5) is 17.5 Å². The van der Waals surface area contributed by atoms with Gasteiger partial charge in [-0.05, 0) is 30.7 Å². The van der Waals surface area contributed by atoms with Gasteiger partial charge in [0.05, 0.1) is 5.56 Å². The summed E-state index contributed by atoms with van der Waals surface area (Å²) in [6.45, 7) is 3.54. The number of carbonyl (C=O) groups excluding carboxylic acids is 1. The van der Waals surface area contributed by atoms with Crippen LogP contribution in [0.3, 0.4) is 0 Å². The second-order valence-corrected chi connectivity index (χ2v) is 5.36. The van der Waals surface area contributed by atoms with Crippen LogP contribution in [0.25, 0.3) is 11.4 Å². The maximum Gasteiger partial charge on any atom is 0.251 e. The molecule has 2 aromatic heterocycles. The van der Waals surface area contributed by atoms with Gasteiger partial charge < -0.3 is 20.9 Å². The Balaban J connectivity index is 1.83. The summed E-state index contributed by atoms with van der Waals surface area (Å²) in [5.41, 5.74) is 8.64. The summed E-state index contributed by atoms with van der Waals surface area (Å²) < 4.78 is 4.93. The van der Waals surface area contributed by atoms with Crippen LogP contribution in [-0.4, -0.2) is 33.1 Å². The third-order valence-electron chi connectivity index (χ3n) is 3.54. The van der Waals surface area contributed by atoms with Gasteiger partial charge in [-0.3, -0.25) is 4.79 Å². The molecular formula is C16H17N7O2. The van der Waals surface area contributed by atoms with Crippen molar-refractivity contribution in [2.75, 3.05) is 18.1 Å². The first-order valence-electron chi connectivity index (χ1n) is 7.51. The highest BCUT2D eigenvalue weighted by Gasteiger charge is 2.13. The van der Waals surface area contributed by atoms with E-state index in [-0.39, 0.29) is 11.7 Å². The number of nitrogens with one attached hydrogen (secondary N) is 2. The zero-order valence-electron chi connectivity index (χ0n) is 14.0. The second kappa shape index (κ2) is 6.56. The highest BCUT2D eigenvalue weighted by Crippen LogP contribution is 2.23. The minimum atomic E-state index is -0.135. The van der Waals surface area contributed by atoms with Crippen molar-refractivity contribution in [1.82, 2.24) is 25.4 Å². The number of nitrogens with zero attached hydrogens (tertiary/aromatic N) is 4. The highest BCUT2D eigenvalue weighted by atomic mass is 16.5. The standard InChI is InChI=1S/C16H17N7O2/c1-8-6-10(4-5-11(8)15(24)18-3)21-16-19-7-12(13(17)22-16)14-20-9(2)25-23-14/h4-7H,1-3H3,(H,18,24)(H3,17,19,21,22). The quantitative estimate of drug-likeness (QED) is 0.656. The molecule has 1 aromatic carbocycles. The Morgan fingerprint density at radius 2 is 2.04 bits per heavy atom. The lowest BCUT2D eigenvalue weighted by Crippen LogP contribution is -2.18. The van der Waals surface area contributed by atoms with E-state index in [1.165, 1.54) is 6.20 Å². The molecule has 0 aliphatic heterocycles. The van der Waals surface area contributed by atoms with Crippen molar-refractivity contribution in [2.24, 2.45) is 0 Å². The van der Waals surface area contributed by atoms with Crippen molar-refractivity contribution in [3.8, 4) is 11.4 Å². The van der Waals surface area contributed by atoms with Crippen LogP contribution in [0.5, 0.6) is 0 Å². The number of nitrogen functional groups attached to an aromatic ring is 1. The van der Waals surface area contributed by atoms with Crippen molar-refractivity contribution >= 4 is 23.4 Å². The molecule has 2 heterocycles. The Morgan fingerprint density at radius 3 is 2.64 bits per heavy atom. The van der Waals surface area contributed by atoms with Gasteiger partial charge in [0.25, 0.3) is 5.91 Å². The van der Waals surface area contributed by atoms with E-state index >= 15 is 0 Å². The fourth-order valence-corrected chi connectivity index (χ4v) is 2.30. The van der Waals surface area contributed by atoms with E-state index in [0.29, 0.717) is 28.8 Å². The number of rotatable bonds is 4. The average Bonchev–Trinajstić information content (AvgIpc) is 3.00. The molecule has 0 atom stereocenters. The number of anilines is 3. The summed E-state index contributed by atoms with van der Waals surface area (Å²) in [7, 11) is 1.59. The lowest BCUT2D eigenvalue weighted by atomic mass is 10.1. The number of carbonyl (C=O) groups is 1. The lowest BCUT2D eigenvalue weighted by molar-refractivity contribution is 0.0962. The number of hydrogen-bond acceptors (Lipinski definition) is 8. The molecule has 0 fully saturated rings. The minimum Gasteiger partial charge on any atom is -0.383 e. The van der Waals surface area contributed by atoms with Crippen molar-refractivity contribution in [1.29, 1.82) is 0 Å². The number of amides is 1. The van der Waals surface area contributed by atoms with Gasteiger partial charge in [0.15, 0.2) is 0 Å². The smallest absolute Gasteiger partial charge is 0.251 e. The first-order valence-corrected chi connectivity index (χ1v) is 7.51. The Labute approximate surface area is 143 Å². The van der Waals surface area contributed by atoms with Crippen LogP contribution in [0.15, 0.2) is 28.9 Å². The highest BCUT2D eigenvalue weighted by molar-refractivity contribution is 5.95. The van der Waals surface area contributed by atoms with Gasteiger partial charge in [0.2, 0.25) is 17.7 Å². The first-order chi connectivity index (χ1) is 12.0. The molecular weight excluding hydrogens is 322 g/mol. The summed E-state index contributed by atoms with van der Waals surface area (Å²) in [6.07, 6.45) is 1.53. The summed E-state index contributed by atoms with van der Waals surface area (Å²) in [4.78, 5) is 24.3. The zero-order valence-corrected chi connectivity index (χ0v) is 14.0. The van der Waals surface area contributed by atoms with Crippen molar-refractivity contribution < 1.29 is 9.32 Å². The van der Waals surface area contributed by atoms with Gasteiger partial charge in [0, 0.05) is 31.4 Å². The molecule has 4 N–H and O–H groups in total. The molecule has 3 aromatic rings. The molecule has 128 valence electrons. The monoisotopic (exact) mass is 339 g/mol. The normalized spacial score (nSPS) is 10.5. The maximum absolute atomic E-state index is 11.7. The molecule has 0 bridgehead atoms. The summed E-state index contributed by atoms with van der Waals surface area (Å²) in [6, 6.07) is 5.34. The molecule has 3 rings (SSSR count). The fraction of sp³-hybridized carbons (Fsp3) is 0.188. The van der Waals surface area contributed by atoms with E-state index in [1.807, 2.05) is 13.0 Å². The van der Waals surface area contributed by atoms with Crippen LogP contribution < -0.4 is 16.4 Å². The number of aromatic nitrogens is 4. The zero-order chi connectivity index (χ0) is 18.0. The van der Waals surface area contributed by atoms with Gasteiger partial charge >= 0.3 is 0 Å². The molecule has 9 nitrogen and oxygen atoms in total. The van der Waals surface area contributed by atoms with Crippen LogP contribution in [0, 0.1) is 13.8 Å². The minimum absolute atomic E-state index is 0.135. The maximum atomic E-state index is 11.7. The molecule has 9 heteroatoms. The van der Waals surface area contributed by atoms with Crippen LogP contribution in [0.2, 0.25) is 0 Å². The number of nitrogens with two attached hydrogens (primary N) is 1. The van der Waals surface area contributed by atoms with E-state index < -0.39 is 0 Å². The van der Waals surface area contributed by atoms with Crippen molar-refractivity contribution in [2.45, 2.75) is 13.8 Å². The van der Waals surface area contributed by atoms with E-state index in [9.17, 15) is 4.79 Å². The van der Waals surface area contributed by atoms with Crippen LogP contribution in [-0.2, 0) is 0 Å². The third kappa shape index (κ3) is 3.39. The molecule has 0 aliphatic carbocycles. The van der Waals surface area contributed by atoms with Gasteiger partial charge in [-0.2, -0.15) is 9.97 Å². The van der Waals surface area contributed by atoms with Gasteiger partial charge in [0.1, 0.15) is 5.82 Å².